The lowest BCUT2D eigenvalue weighted by Gasteiger charge is -2.23. The van der Waals surface area contributed by atoms with Crippen molar-refractivity contribution in [1.82, 2.24) is 20.1 Å². The second-order valence-electron chi connectivity index (χ2n) is 4.78. The summed E-state index contributed by atoms with van der Waals surface area (Å²) in [6, 6.07) is 4.86. The Morgan fingerprint density at radius 2 is 2.50 bits per heavy atom. The van der Waals surface area contributed by atoms with Gasteiger partial charge in [0.1, 0.15) is 11.6 Å². The summed E-state index contributed by atoms with van der Waals surface area (Å²) in [5.41, 5.74) is 0. The Kier molecular flexibility index (Phi) is 3.43. The van der Waals surface area contributed by atoms with Crippen LogP contribution in [0.3, 0.4) is 0 Å². The van der Waals surface area contributed by atoms with Gasteiger partial charge in [-0.2, -0.15) is 5.10 Å². The molecule has 3 rings (SSSR count). The molecule has 0 spiro atoms. The van der Waals surface area contributed by atoms with Crippen LogP contribution >= 0.6 is 11.3 Å². The smallest absolute Gasteiger partial charge is 0.147 e. The lowest BCUT2D eigenvalue weighted by molar-refractivity contribution is 0.361. The first-order chi connectivity index (χ1) is 8.81. The van der Waals surface area contributed by atoms with E-state index in [9.17, 15) is 0 Å². The second-order valence-corrected chi connectivity index (χ2v) is 5.81. The zero-order chi connectivity index (χ0) is 12.4. The average molecular weight is 262 g/mol. The Balaban J connectivity index is 1.50. The van der Waals surface area contributed by atoms with E-state index in [1.807, 2.05) is 18.3 Å². The molecular weight excluding hydrogens is 244 g/mol. The van der Waals surface area contributed by atoms with Crippen LogP contribution in [-0.4, -0.2) is 27.4 Å². The summed E-state index contributed by atoms with van der Waals surface area (Å²) in [4.78, 5) is 5.89. The topological polar surface area (TPSA) is 42.7 Å². The number of hydrogen-bond donors (Lipinski definition) is 1. The van der Waals surface area contributed by atoms with E-state index < -0.39 is 0 Å². The zero-order valence-corrected chi connectivity index (χ0v) is 11.4. The molecule has 3 heterocycles. The van der Waals surface area contributed by atoms with Gasteiger partial charge >= 0.3 is 0 Å². The molecular formula is C13H18N4S. The summed E-state index contributed by atoms with van der Waals surface area (Å²) >= 11 is 1.83. The molecule has 4 nitrogen and oxygen atoms in total. The van der Waals surface area contributed by atoms with Crippen LogP contribution < -0.4 is 5.32 Å². The fraction of sp³-hybridized carbons (Fsp3) is 0.538. The van der Waals surface area contributed by atoms with Gasteiger partial charge in [-0.25, -0.2) is 9.67 Å². The van der Waals surface area contributed by atoms with Gasteiger partial charge in [0.25, 0.3) is 0 Å². The van der Waals surface area contributed by atoms with Gasteiger partial charge in [0.2, 0.25) is 0 Å². The third kappa shape index (κ3) is 2.62. The number of aromatic nitrogens is 3. The molecule has 1 N–H and O–H groups in total. The first-order valence-corrected chi connectivity index (χ1v) is 7.35. The molecule has 0 unspecified atom stereocenters. The Bertz CT molecular complexity index is 503. The summed E-state index contributed by atoms with van der Waals surface area (Å²) in [5.74, 6) is 2.04. The van der Waals surface area contributed by atoms with E-state index in [0.29, 0.717) is 6.04 Å². The van der Waals surface area contributed by atoms with E-state index >= 15 is 0 Å². The molecule has 1 aliphatic rings. The SMILES string of the molecule is Cc1nc2n(n1)C[C@@H](NCCc1cccs1)CC2. The van der Waals surface area contributed by atoms with E-state index in [-0.39, 0.29) is 0 Å². The maximum Gasteiger partial charge on any atom is 0.147 e. The lowest BCUT2D eigenvalue weighted by Crippen LogP contribution is -2.38. The number of nitrogens with one attached hydrogen (secondary N) is 1. The van der Waals surface area contributed by atoms with Crippen molar-refractivity contribution >= 4 is 11.3 Å². The van der Waals surface area contributed by atoms with Crippen molar-refractivity contribution in [3.63, 3.8) is 0 Å². The molecule has 2 aromatic heterocycles. The van der Waals surface area contributed by atoms with E-state index in [1.54, 1.807) is 0 Å². The van der Waals surface area contributed by atoms with Crippen LogP contribution in [0.5, 0.6) is 0 Å². The molecule has 0 amide bonds. The highest BCUT2D eigenvalue weighted by atomic mass is 32.1. The highest BCUT2D eigenvalue weighted by Gasteiger charge is 2.20. The van der Waals surface area contributed by atoms with Gasteiger partial charge in [0, 0.05) is 23.9 Å². The molecule has 0 bridgehead atoms. The van der Waals surface area contributed by atoms with Gasteiger partial charge in [-0.3, -0.25) is 0 Å². The van der Waals surface area contributed by atoms with Gasteiger partial charge in [-0.1, -0.05) is 6.07 Å². The highest BCUT2D eigenvalue weighted by Crippen LogP contribution is 2.13. The molecule has 5 heteroatoms. The Labute approximate surface area is 111 Å². The normalized spacial score (nSPS) is 18.8. The van der Waals surface area contributed by atoms with Crippen LogP contribution in [0.1, 0.15) is 22.9 Å². The molecule has 18 heavy (non-hydrogen) atoms. The van der Waals surface area contributed by atoms with E-state index in [1.165, 1.54) is 11.3 Å². The zero-order valence-electron chi connectivity index (χ0n) is 10.6. The first-order valence-electron chi connectivity index (χ1n) is 6.47. The quantitative estimate of drug-likeness (QED) is 0.913. The molecule has 1 aliphatic heterocycles. The maximum absolute atomic E-state index is 4.43. The maximum atomic E-state index is 4.43. The predicted octanol–water partition coefficient (Wildman–Crippen LogP) is 1.80. The molecule has 96 valence electrons. The number of thiophene rings is 1. The van der Waals surface area contributed by atoms with Crippen LogP contribution in [0.2, 0.25) is 0 Å². The molecule has 0 aromatic carbocycles. The number of nitrogens with zero attached hydrogens (tertiary/aromatic N) is 3. The number of rotatable bonds is 4. The lowest BCUT2D eigenvalue weighted by atomic mass is 10.1. The van der Waals surface area contributed by atoms with Crippen LogP contribution in [0, 0.1) is 6.92 Å². The predicted molar refractivity (Wildman–Crippen MR) is 72.9 cm³/mol. The molecule has 0 saturated heterocycles. The summed E-state index contributed by atoms with van der Waals surface area (Å²) in [6.45, 7) is 3.97. The summed E-state index contributed by atoms with van der Waals surface area (Å²) < 4.78 is 2.06. The molecule has 1 atom stereocenters. The number of fused-ring (bicyclic) bond motifs is 1. The Morgan fingerprint density at radius 1 is 1.56 bits per heavy atom. The minimum Gasteiger partial charge on any atom is -0.312 e. The standard InChI is InChI=1S/C13H18N4S/c1-10-15-13-5-4-11(9-17(13)16-10)14-7-6-12-3-2-8-18-12/h2-3,8,11,14H,4-7,9H2,1H3/t11-/m0/s1. The van der Waals surface area contributed by atoms with Crippen LogP contribution in [0.25, 0.3) is 0 Å². The van der Waals surface area contributed by atoms with Crippen molar-refractivity contribution in [1.29, 1.82) is 0 Å². The molecule has 0 aliphatic carbocycles. The van der Waals surface area contributed by atoms with E-state index in [2.05, 4.69) is 37.6 Å². The van der Waals surface area contributed by atoms with Gasteiger partial charge in [0.15, 0.2) is 0 Å². The summed E-state index contributed by atoms with van der Waals surface area (Å²) in [5, 5.41) is 10.2. The van der Waals surface area contributed by atoms with Crippen LogP contribution in [0.4, 0.5) is 0 Å². The monoisotopic (exact) mass is 262 g/mol. The van der Waals surface area contributed by atoms with Crippen molar-refractivity contribution in [2.75, 3.05) is 6.54 Å². The van der Waals surface area contributed by atoms with Gasteiger partial charge in [-0.15, -0.1) is 11.3 Å². The van der Waals surface area contributed by atoms with Crippen molar-refractivity contribution in [2.24, 2.45) is 0 Å². The minimum atomic E-state index is 0.540. The minimum absolute atomic E-state index is 0.540. The molecule has 0 radical (unpaired) electrons. The second kappa shape index (κ2) is 5.20. The van der Waals surface area contributed by atoms with Crippen molar-refractivity contribution in [2.45, 2.75) is 38.8 Å². The first kappa shape index (κ1) is 11.9. The van der Waals surface area contributed by atoms with Crippen molar-refractivity contribution in [3.05, 3.63) is 34.0 Å². The van der Waals surface area contributed by atoms with Crippen LogP contribution in [-0.2, 0) is 19.4 Å². The van der Waals surface area contributed by atoms with Gasteiger partial charge < -0.3 is 5.32 Å². The number of aryl methyl sites for hydroxylation is 2. The van der Waals surface area contributed by atoms with E-state index in [0.717, 1.165) is 37.6 Å². The average Bonchev–Trinajstić information content (AvgIpc) is 2.96. The summed E-state index contributed by atoms with van der Waals surface area (Å²) in [6.07, 6.45) is 3.33. The van der Waals surface area contributed by atoms with Crippen LogP contribution in [0.15, 0.2) is 17.5 Å². The fourth-order valence-corrected chi connectivity index (χ4v) is 3.16. The largest absolute Gasteiger partial charge is 0.312 e. The number of hydrogen-bond acceptors (Lipinski definition) is 4. The molecule has 2 aromatic rings. The molecule has 0 saturated carbocycles. The Morgan fingerprint density at radius 3 is 3.33 bits per heavy atom. The third-order valence-corrected chi connectivity index (χ3v) is 4.28. The Hall–Kier alpha value is -1.20. The van der Waals surface area contributed by atoms with Gasteiger partial charge in [-0.05, 0) is 31.2 Å². The van der Waals surface area contributed by atoms with E-state index in [4.69, 9.17) is 0 Å². The van der Waals surface area contributed by atoms with Crippen molar-refractivity contribution in [3.8, 4) is 0 Å². The fourth-order valence-electron chi connectivity index (χ4n) is 2.45. The van der Waals surface area contributed by atoms with Gasteiger partial charge in [0.05, 0.1) is 6.54 Å². The third-order valence-electron chi connectivity index (χ3n) is 3.35. The van der Waals surface area contributed by atoms with Crippen molar-refractivity contribution < 1.29 is 0 Å². The molecule has 0 fully saturated rings. The summed E-state index contributed by atoms with van der Waals surface area (Å²) in [7, 11) is 0. The highest BCUT2D eigenvalue weighted by molar-refractivity contribution is 7.09.